The van der Waals surface area contributed by atoms with Crippen LogP contribution in [0.15, 0.2) is 4.99 Å². The van der Waals surface area contributed by atoms with Gasteiger partial charge in [-0.05, 0) is 52.9 Å². The lowest BCUT2D eigenvalue weighted by Crippen LogP contribution is -2.46. The second-order valence-corrected chi connectivity index (χ2v) is 7.83. The molecule has 0 saturated heterocycles. The highest BCUT2D eigenvalue weighted by molar-refractivity contribution is 6.60. The number of hydrogen-bond acceptors (Lipinski definition) is 4. The summed E-state index contributed by atoms with van der Waals surface area (Å²) in [6.45, 7) is 8.85. The van der Waals surface area contributed by atoms with Crippen LogP contribution in [0, 0.1) is 0 Å². The predicted molar refractivity (Wildman–Crippen MR) is 85.4 cm³/mol. The van der Waals surface area contributed by atoms with Crippen LogP contribution in [0.3, 0.4) is 0 Å². The number of hydrogen-bond donors (Lipinski definition) is 0. The first-order chi connectivity index (χ1) is 9.76. The Morgan fingerprint density at radius 1 is 0.900 bits per heavy atom. The van der Waals surface area contributed by atoms with Gasteiger partial charge in [0.2, 0.25) is 0 Å². The zero-order valence-electron chi connectivity index (χ0n) is 13.5. The summed E-state index contributed by atoms with van der Waals surface area (Å²) in [5.41, 5.74) is 1.41. The van der Waals surface area contributed by atoms with Crippen molar-refractivity contribution in [3.05, 3.63) is 0 Å². The maximum atomic E-state index is 5.85. The average molecular weight is 302 g/mol. The molecule has 1 aliphatic rings. The summed E-state index contributed by atoms with van der Waals surface area (Å²) < 4.78 is 17.5. The third kappa shape index (κ3) is 6.48. The average Bonchev–Trinajstić information content (AvgIpc) is 2.46. The molecule has 0 atom stereocenters. The first-order valence-electron chi connectivity index (χ1n) is 8.20. The molecule has 1 aliphatic carbocycles. The van der Waals surface area contributed by atoms with Crippen molar-refractivity contribution in [2.24, 2.45) is 4.99 Å². The van der Waals surface area contributed by atoms with Crippen molar-refractivity contribution in [1.29, 1.82) is 0 Å². The maximum absolute atomic E-state index is 5.85. The van der Waals surface area contributed by atoms with Crippen LogP contribution >= 0.6 is 0 Å². The van der Waals surface area contributed by atoms with Crippen LogP contribution in [0.4, 0.5) is 0 Å². The Hall–Kier alpha value is -0.233. The standard InChI is InChI=1S/C15H31NO3Si/c1-4-17-20(18-5-2,19-6-3)14-10-13-16-15-11-8-7-9-12-15/h4-14H2,1-3H3. The van der Waals surface area contributed by atoms with Gasteiger partial charge in [-0.25, -0.2) is 0 Å². The van der Waals surface area contributed by atoms with Crippen LogP contribution in [-0.4, -0.2) is 40.9 Å². The van der Waals surface area contributed by atoms with Gasteiger partial charge >= 0.3 is 8.80 Å². The number of rotatable bonds is 10. The third-order valence-corrected chi connectivity index (χ3v) is 6.65. The summed E-state index contributed by atoms with van der Waals surface area (Å²) in [6.07, 6.45) is 7.39. The maximum Gasteiger partial charge on any atom is 0.500 e. The molecule has 0 aliphatic heterocycles. The number of nitrogens with zero attached hydrogens (tertiary/aromatic N) is 1. The van der Waals surface area contributed by atoms with Crippen molar-refractivity contribution in [1.82, 2.24) is 0 Å². The van der Waals surface area contributed by atoms with Gasteiger partial charge < -0.3 is 13.3 Å². The minimum atomic E-state index is -2.45. The van der Waals surface area contributed by atoms with Gasteiger partial charge in [-0.2, -0.15) is 0 Å². The SMILES string of the molecule is CCO[Si](CCCN=C1CCCCC1)(OCC)OCC. The monoisotopic (exact) mass is 301 g/mol. The van der Waals surface area contributed by atoms with E-state index in [1.165, 1.54) is 37.8 Å². The summed E-state index contributed by atoms with van der Waals surface area (Å²) in [4.78, 5) is 4.74. The molecular formula is C15H31NO3Si. The highest BCUT2D eigenvalue weighted by Crippen LogP contribution is 2.19. The summed E-state index contributed by atoms with van der Waals surface area (Å²) in [5, 5.41) is 0. The third-order valence-electron chi connectivity index (χ3n) is 3.50. The van der Waals surface area contributed by atoms with Gasteiger partial charge in [0.15, 0.2) is 0 Å². The van der Waals surface area contributed by atoms with Crippen molar-refractivity contribution in [3.63, 3.8) is 0 Å². The zero-order chi connectivity index (χ0) is 14.7. The zero-order valence-corrected chi connectivity index (χ0v) is 14.5. The second-order valence-electron chi connectivity index (χ2n) is 5.09. The van der Waals surface area contributed by atoms with Crippen molar-refractivity contribution in [3.8, 4) is 0 Å². The topological polar surface area (TPSA) is 40.0 Å². The molecule has 0 aromatic heterocycles. The Morgan fingerprint density at radius 3 is 1.95 bits per heavy atom. The van der Waals surface area contributed by atoms with Gasteiger partial charge in [0.25, 0.3) is 0 Å². The molecule has 0 bridgehead atoms. The van der Waals surface area contributed by atoms with E-state index in [1.807, 2.05) is 20.8 Å². The summed E-state index contributed by atoms with van der Waals surface area (Å²) in [7, 11) is -2.45. The molecule has 118 valence electrons. The van der Waals surface area contributed by atoms with E-state index < -0.39 is 8.80 Å². The molecule has 0 aromatic carbocycles. The van der Waals surface area contributed by atoms with Crippen LogP contribution in [0.25, 0.3) is 0 Å². The van der Waals surface area contributed by atoms with Gasteiger partial charge in [-0.1, -0.05) is 6.42 Å². The minimum Gasteiger partial charge on any atom is -0.374 e. The molecule has 20 heavy (non-hydrogen) atoms. The van der Waals surface area contributed by atoms with Crippen LogP contribution < -0.4 is 0 Å². The lowest BCUT2D eigenvalue weighted by molar-refractivity contribution is 0.0710. The Balaban J connectivity index is 2.39. The van der Waals surface area contributed by atoms with Gasteiger partial charge in [0, 0.05) is 38.1 Å². The van der Waals surface area contributed by atoms with E-state index in [2.05, 4.69) is 0 Å². The quantitative estimate of drug-likeness (QED) is 0.455. The minimum absolute atomic E-state index is 0.654. The molecular weight excluding hydrogens is 270 g/mol. The molecule has 0 heterocycles. The Kier molecular flexibility index (Phi) is 9.34. The highest BCUT2D eigenvalue weighted by Gasteiger charge is 2.39. The van der Waals surface area contributed by atoms with E-state index in [0.717, 1.165) is 19.0 Å². The molecule has 0 aromatic rings. The van der Waals surface area contributed by atoms with E-state index in [0.29, 0.717) is 19.8 Å². The van der Waals surface area contributed by atoms with Crippen molar-refractivity contribution in [2.45, 2.75) is 65.3 Å². The van der Waals surface area contributed by atoms with Crippen LogP contribution in [0.2, 0.25) is 6.04 Å². The normalized spacial score (nSPS) is 16.4. The molecule has 5 heteroatoms. The molecule has 4 nitrogen and oxygen atoms in total. The smallest absolute Gasteiger partial charge is 0.374 e. The first kappa shape index (κ1) is 17.8. The summed E-state index contributed by atoms with van der Waals surface area (Å²) >= 11 is 0. The van der Waals surface area contributed by atoms with Crippen molar-refractivity contribution in [2.75, 3.05) is 26.4 Å². The fourth-order valence-electron chi connectivity index (χ4n) is 2.65. The molecule has 0 spiro atoms. The van der Waals surface area contributed by atoms with Gasteiger partial charge in [-0.3, -0.25) is 4.99 Å². The first-order valence-corrected chi connectivity index (χ1v) is 10.1. The molecule has 1 saturated carbocycles. The summed E-state index contributed by atoms with van der Waals surface area (Å²) in [6, 6.07) is 0.874. The van der Waals surface area contributed by atoms with E-state index in [9.17, 15) is 0 Å². The molecule has 0 N–H and O–H groups in total. The van der Waals surface area contributed by atoms with Gasteiger partial charge in [0.1, 0.15) is 0 Å². The largest absolute Gasteiger partial charge is 0.500 e. The lowest BCUT2D eigenvalue weighted by Gasteiger charge is -2.28. The molecule has 0 amide bonds. The Labute approximate surface area is 125 Å². The fourth-order valence-corrected chi connectivity index (χ4v) is 5.25. The molecule has 0 radical (unpaired) electrons. The lowest BCUT2D eigenvalue weighted by atomic mass is 9.98. The Morgan fingerprint density at radius 2 is 1.45 bits per heavy atom. The summed E-state index contributed by atoms with van der Waals surface area (Å²) in [5.74, 6) is 0. The predicted octanol–water partition coefficient (Wildman–Crippen LogP) is 3.83. The van der Waals surface area contributed by atoms with Crippen LogP contribution in [0.1, 0.15) is 59.3 Å². The van der Waals surface area contributed by atoms with Crippen LogP contribution in [-0.2, 0) is 13.3 Å². The molecule has 1 rings (SSSR count). The second kappa shape index (κ2) is 10.5. The van der Waals surface area contributed by atoms with E-state index in [4.69, 9.17) is 18.3 Å². The van der Waals surface area contributed by atoms with Crippen LogP contribution in [0.5, 0.6) is 0 Å². The fraction of sp³-hybridized carbons (Fsp3) is 0.933. The van der Waals surface area contributed by atoms with Crippen molar-refractivity contribution < 1.29 is 13.3 Å². The van der Waals surface area contributed by atoms with E-state index in [-0.39, 0.29) is 0 Å². The number of aliphatic imine (C=N–C) groups is 1. The van der Waals surface area contributed by atoms with Crippen molar-refractivity contribution >= 4 is 14.5 Å². The van der Waals surface area contributed by atoms with Gasteiger partial charge in [-0.15, -0.1) is 0 Å². The molecule has 1 fully saturated rings. The van der Waals surface area contributed by atoms with Gasteiger partial charge in [0.05, 0.1) is 0 Å². The Bertz CT molecular complexity index is 259. The van der Waals surface area contributed by atoms with E-state index >= 15 is 0 Å². The molecule has 0 unspecified atom stereocenters. The van der Waals surface area contributed by atoms with E-state index in [1.54, 1.807) is 0 Å². The highest BCUT2D eigenvalue weighted by atomic mass is 28.4.